The SMILES string of the molecule is N#Cc1c(NC(=O)Nc2ccc(Cl)c(Cl)c2)oc(-c2ccccc2)c1-c1ccccc1. The van der Waals surface area contributed by atoms with E-state index in [9.17, 15) is 10.1 Å². The summed E-state index contributed by atoms with van der Waals surface area (Å²) in [6, 6.07) is 25.1. The van der Waals surface area contributed by atoms with Gasteiger partial charge in [0.15, 0.2) is 0 Å². The molecule has 4 rings (SSSR count). The van der Waals surface area contributed by atoms with Crippen LogP contribution in [0.3, 0.4) is 0 Å². The molecule has 0 radical (unpaired) electrons. The van der Waals surface area contributed by atoms with Crippen LogP contribution in [0.25, 0.3) is 22.5 Å². The molecular weight excluding hydrogens is 433 g/mol. The van der Waals surface area contributed by atoms with E-state index in [0.717, 1.165) is 11.1 Å². The number of hydrogen-bond acceptors (Lipinski definition) is 3. The summed E-state index contributed by atoms with van der Waals surface area (Å²) in [5.74, 6) is 0.547. The fourth-order valence-corrected chi connectivity index (χ4v) is 3.44. The van der Waals surface area contributed by atoms with Crippen molar-refractivity contribution in [1.82, 2.24) is 0 Å². The number of furan rings is 1. The van der Waals surface area contributed by atoms with E-state index in [0.29, 0.717) is 27.1 Å². The molecular formula is C24H15Cl2N3O2. The van der Waals surface area contributed by atoms with Gasteiger partial charge in [-0.15, -0.1) is 0 Å². The minimum absolute atomic E-state index is 0.0535. The molecule has 1 aromatic heterocycles. The molecule has 5 nitrogen and oxygen atoms in total. The van der Waals surface area contributed by atoms with Crippen LogP contribution in [0.1, 0.15) is 5.56 Å². The summed E-state index contributed by atoms with van der Waals surface area (Å²) in [4.78, 5) is 12.6. The highest BCUT2D eigenvalue weighted by molar-refractivity contribution is 6.42. The van der Waals surface area contributed by atoms with E-state index in [4.69, 9.17) is 27.6 Å². The molecule has 0 fully saturated rings. The first kappa shape index (κ1) is 20.5. The van der Waals surface area contributed by atoms with Gasteiger partial charge >= 0.3 is 6.03 Å². The van der Waals surface area contributed by atoms with Gasteiger partial charge in [0.25, 0.3) is 0 Å². The zero-order chi connectivity index (χ0) is 21.8. The van der Waals surface area contributed by atoms with Crippen molar-refractivity contribution in [3.63, 3.8) is 0 Å². The van der Waals surface area contributed by atoms with Crippen molar-refractivity contribution >= 4 is 40.8 Å². The lowest BCUT2D eigenvalue weighted by molar-refractivity contribution is 0.261. The first-order valence-electron chi connectivity index (χ1n) is 9.27. The van der Waals surface area contributed by atoms with E-state index in [-0.39, 0.29) is 11.4 Å². The highest BCUT2D eigenvalue weighted by Crippen LogP contribution is 2.41. The van der Waals surface area contributed by atoms with E-state index in [1.54, 1.807) is 12.1 Å². The molecule has 1 heterocycles. The Balaban J connectivity index is 1.72. The quantitative estimate of drug-likeness (QED) is 0.341. The van der Waals surface area contributed by atoms with Crippen LogP contribution in [0.4, 0.5) is 16.4 Å². The Morgan fingerprint density at radius 2 is 1.48 bits per heavy atom. The predicted molar refractivity (Wildman–Crippen MR) is 123 cm³/mol. The lowest BCUT2D eigenvalue weighted by atomic mass is 9.98. The summed E-state index contributed by atoms with van der Waals surface area (Å²) in [6.07, 6.45) is 0. The van der Waals surface area contributed by atoms with E-state index in [2.05, 4.69) is 16.7 Å². The van der Waals surface area contributed by atoms with Crippen molar-refractivity contribution in [2.75, 3.05) is 10.6 Å². The van der Waals surface area contributed by atoms with E-state index < -0.39 is 6.03 Å². The summed E-state index contributed by atoms with van der Waals surface area (Å²) >= 11 is 11.9. The second kappa shape index (κ2) is 8.97. The Hall–Kier alpha value is -3.72. The molecule has 31 heavy (non-hydrogen) atoms. The Morgan fingerprint density at radius 3 is 2.10 bits per heavy atom. The van der Waals surface area contributed by atoms with Gasteiger partial charge in [0.05, 0.1) is 10.0 Å². The number of urea groups is 1. The molecule has 3 aromatic carbocycles. The summed E-state index contributed by atoms with van der Waals surface area (Å²) < 4.78 is 5.99. The first-order valence-corrected chi connectivity index (χ1v) is 10.0. The summed E-state index contributed by atoms with van der Waals surface area (Å²) in [6.45, 7) is 0. The van der Waals surface area contributed by atoms with Crippen molar-refractivity contribution < 1.29 is 9.21 Å². The van der Waals surface area contributed by atoms with Crippen LogP contribution in [0.5, 0.6) is 0 Å². The number of rotatable bonds is 4. The summed E-state index contributed by atoms with van der Waals surface area (Å²) in [5, 5.41) is 15.9. The molecule has 7 heteroatoms. The monoisotopic (exact) mass is 447 g/mol. The molecule has 0 aliphatic rings. The number of anilines is 2. The fourth-order valence-electron chi connectivity index (χ4n) is 3.14. The normalized spacial score (nSPS) is 10.4. The third kappa shape index (κ3) is 4.41. The van der Waals surface area contributed by atoms with Gasteiger partial charge in [0.1, 0.15) is 17.4 Å². The van der Waals surface area contributed by atoms with Crippen LogP contribution >= 0.6 is 23.2 Å². The van der Waals surface area contributed by atoms with Crippen LogP contribution < -0.4 is 10.6 Å². The maximum atomic E-state index is 12.6. The van der Waals surface area contributed by atoms with E-state index in [1.807, 2.05) is 60.7 Å². The van der Waals surface area contributed by atoms with Crippen molar-refractivity contribution in [3.8, 4) is 28.5 Å². The highest BCUT2D eigenvalue weighted by Gasteiger charge is 2.24. The number of nitrogens with one attached hydrogen (secondary N) is 2. The lowest BCUT2D eigenvalue weighted by Gasteiger charge is -2.07. The maximum absolute atomic E-state index is 12.6. The smallest absolute Gasteiger partial charge is 0.326 e. The van der Waals surface area contributed by atoms with Crippen LogP contribution in [0, 0.1) is 11.3 Å². The predicted octanol–water partition coefficient (Wildman–Crippen LogP) is 7.44. The molecule has 2 N–H and O–H groups in total. The Morgan fingerprint density at radius 1 is 0.839 bits per heavy atom. The fraction of sp³-hybridized carbons (Fsp3) is 0. The minimum Gasteiger partial charge on any atom is -0.438 e. The van der Waals surface area contributed by atoms with E-state index >= 15 is 0 Å². The van der Waals surface area contributed by atoms with E-state index in [1.165, 1.54) is 6.07 Å². The van der Waals surface area contributed by atoms with Gasteiger partial charge in [-0.3, -0.25) is 5.32 Å². The molecule has 4 aromatic rings. The molecule has 0 bridgehead atoms. The Labute approximate surface area is 188 Å². The number of nitriles is 1. The number of benzene rings is 3. The van der Waals surface area contributed by atoms with Gasteiger partial charge in [-0.25, -0.2) is 4.79 Å². The van der Waals surface area contributed by atoms with Crippen LogP contribution in [0.15, 0.2) is 83.3 Å². The number of hydrogen-bond donors (Lipinski definition) is 2. The van der Waals surface area contributed by atoms with Crippen molar-refractivity contribution in [3.05, 3.63) is 94.5 Å². The Bertz CT molecular complexity index is 1280. The molecule has 0 atom stereocenters. The van der Waals surface area contributed by atoms with Crippen molar-refractivity contribution in [2.45, 2.75) is 0 Å². The Kier molecular flexibility index (Phi) is 5.94. The minimum atomic E-state index is -0.581. The van der Waals surface area contributed by atoms with Gasteiger partial charge in [0.2, 0.25) is 5.88 Å². The van der Waals surface area contributed by atoms with Crippen LogP contribution in [0.2, 0.25) is 10.0 Å². The molecule has 0 aliphatic heterocycles. The number of halogens is 2. The largest absolute Gasteiger partial charge is 0.438 e. The van der Waals surface area contributed by atoms with Gasteiger partial charge in [0, 0.05) is 16.8 Å². The zero-order valence-electron chi connectivity index (χ0n) is 16.0. The molecule has 152 valence electrons. The average Bonchev–Trinajstić information content (AvgIpc) is 3.15. The second-order valence-corrected chi connectivity index (χ2v) is 7.38. The first-order chi connectivity index (χ1) is 15.1. The van der Waals surface area contributed by atoms with Gasteiger partial charge < -0.3 is 9.73 Å². The number of nitrogens with zero attached hydrogens (tertiary/aromatic N) is 1. The maximum Gasteiger partial charge on any atom is 0.326 e. The summed E-state index contributed by atoms with van der Waals surface area (Å²) in [7, 11) is 0. The number of carbonyl (C=O) groups excluding carboxylic acids is 1. The topological polar surface area (TPSA) is 78.1 Å². The number of amides is 2. The molecule has 0 saturated carbocycles. The zero-order valence-corrected chi connectivity index (χ0v) is 17.5. The standard InChI is InChI=1S/C24H15Cl2N3O2/c25-19-12-11-17(13-20(19)26)28-24(30)29-23-18(14-27)21(15-7-3-1-4-8-15)22(31-23)16-9-5-2-6-10-16/h1-13H,(H2,28,29,30). The van der Waals surface area contributed by atoms with Gasteiger partial charge in [-0.1, -0.05) is 83.9 Å². The molecule has 0 spiro atoms. The third-order valence-electron chi connectivity index (χ3n) is 4.52. The molecule has 0 aliphatic carbocycles. The number of carbonyl (C=O) groups is 1. The third-order valence-corrected chi connectivity index (χ3v) is 5.26. The van der Waals surface area contributed by atoms with Gasteiger partial charge in [-0.2, -0.15) is 5.26 Å². The van der Waals surface area contributed by atoms with Crippen molar-refractivity contribution in [1.29, 1.82) is 5.26 Å². The molecule has 2 amide bonds. The second-order valence-electron chi connectivity index (χ2n) is 6.56. The highest BCUT2D eigenvalue weighted by atomic mass is 35.5. The van der Waals surface area contributed by atoms with Crippen LogP contribution in [-0.4, -0.2) is 6.03 Å². The summed E-state index contributed by atoms with van der Waals surface area (Å²) in [5.41, 5.74) is 2.88. The average molecular weight is 448 g/mol. The van der Waals surface area contributed by atoms with Crippen molar-refractivity contribution in [2.24, 2.45) is 0 Å². The van der Waals surface area contributed by atoms with Crippen LogP contribution in [-0.2, 0) is 0 Å². The lowest BCUT2D eigenvalue weighted by Crippen LogP contribution is -2.19. The molecule has 0 saturated heterocycles. The molecule has 0 unspecified atom stereocenters. The van der Waals surface area contributed by atoms with Gasteiger partial charge in [-0.05, 0) is 23.8 Å².